The molecule has 94 valence electrons. The molecular formula is C11H22N2O3. The summed E-state index contributed by atoms with van der Waals surface area (Å²) in [5.41, 5.74) is 5.94. The molecule has 1 fully saturated rings. The Morgan fingerprint density at radius 1 is 1.56 bits per heavy atom. The number of amides is 1. The van der Waals surface area contributed by atoms with Crippen molar-refractivity contribution in [3.63, 3.8) is 0 Å². The summed E-state index contributed by atoms with van der Waals surface area (Å²) in [4.78, 5) is 13.2. The summed E-state index contributed by atoms with van der Waals surface area (Å²) in [5.74, 6) is 0.415. The molecule has 0 aromatic carbocycles. The Hall–Kier alpha value is -0.810. The third-order valence-corrected chi connectivity index (χ3v) is 3.13. The van der Waals surface area contributed by atoms with Gasteiger partial charge in [-0.3, -0.25) is 0 Å². The summed E-state index contributed by atoms with van der Waals surface area (Å²) < 4.78 is 4.94. The highest BCUT2D eigenvalue weighted by Gasteiger charge is 2.26. The normalized spacial score (nSPS) is 19.6. The van der Waals surface area contributed by atoms with Crippen LogP contribution >= 0.6 is 0 Å². The Balaban J connectivity index is 2.30. The smallest absolute Gasteiger partial charge is 0.409 e. The number of likely N-dealkylation sites (tertiary alicyclic amines) is 1. The summed E-state index contributed by atoms with van der Waals surface area (Å²) in [6, 6.07) is 0.0503. The lowest BCUT2D eigenvalue weighted by molar-refractivity contribution is 0.0873. The van der Waals surface area contributed by atoms with Crippen molar-refractivity contribution >= 4 is 6.09 Å². The Morgan fingerprint density at radius 2 is 2.19 bits per heavy atom. The van der Waals surface area contributed by atoms with Gasteiger partial charge in [-0.1, -0.05) is 0 Å². The largest absolute Gasteiger partial charge is 0.450 e. The van der Waals surface area contributed by atoms with Gasteiger partial charge in [-0.25, -0.2) is 4.79 Å². The zero-order valence-electron chi connectivity index (χ0n) is 9.89. The van der Waals surface area contributed by atoms with Crippen molar-refractivity contribution in [1.82, 2.24) is 4.90 Å². The molecule has 0 aliphatic carbocycles. The minimum Gasteiger partial charge on any atom is -0.450 e. The van der Waals surface area contributed by atoms with Crippen molar-refractivity contribution in [3.8, 4) is 0 Å². The highest BCUT2D eigenvalue weighted by Crippen LogP contribution is 2.21. The molecule has 1 rings (SSSR count). The monoisotopic (exact) mass is 230 g/mol. The third-order valence-electron chi connectivity index (χ3n) is 3.13. The number of rotatable bonds is 4. The average Bonchev–Trinajstić information content (AvgIpc) is 2.30. The van der Waals surface area contributed by atoms with Gasteiger partial charge < -0.3 is 20.5 Å². The van der Waals surface area contributed by atoms with Crippen LogP contribution in [0.15, 0.2) is 0 Å². The van der Waals surface area contributed by atoms with E-state index in [1.165, 1.54) is 0 Å². The number of carbonyl (C=O) groups is 1. The Kier molecular flexibility index (Phi) is 5.55. The molecule has 5 nitrogen and oxygen atoms in total. The average molecular weight is 230 g/mol. The van der Waals surface area contributed by atoms with Crippen LogP contribution in [0.25, 0.3) is 0 Å². The van der Waals surface area contributed by atoms with Crippen LogP contribution in [0.3, 0.4) is 0 Å². The lowest BCUT2D eigenvalue weighted by Gasteiger charge is -2.33. The molecule has 0 radical (unpaired) electrons. The fourth-order valence-electron chi connectivity index (χ4n) is 2.11. The molecule has 1 aliphatic rings. The first kappa shape index (κ1) is 13.3. The van der Waals surface area contributed by atoms with E-state index in [4.69, 9.17) is 15.6 Å². The van der Waals surface area contributed by atoms with E-state index in [9.17, 15) is 4.79 Å². The summed E-state index contributed by atoms with van der Waals surface area (Å²) in [6.45, 7) is 3.79. The lowest BCUT2D eigenvalue weighted by Crippen LogP contribution is -2.43. The van der Waals surface area contributed by atoms with Crippen molar-refractivity contribution < 1.29 is 14.6 Å². The molecule has 1 amide bonds. The van der Waals surface area contributed by atoms with Crippen LogP contribution in [-0.4, -0.2) is 48.4 Å². The number of aliphatic hydroxyl groups excluding tert-OH is 1. The van der Waals surface area contributed by atoms with Gasteiger partial charge in [0.15, 0.2) is 0 Å². The highest BCUT2D eigenvalue weighted by molar-refractivity contribution is 5.67. The van der Waals surface area contributed by atoms with Crippen LogP contribution in [0.4, 0.5) is 4.79 Å². The van der Waals surface area contributed by atoms with Gasteiger partial charge in [-0.15, -0.1) is 0 Å². The van der Waals surface area contributed by atoms with Crippen LogP contribution in [0, 0.1) is 5.92 Å². The van der Waals surface area contributed by atoms with Crippen molar-refractivity contribution in [2.45, 2.75) is 32.2 Å². The number of hydrogen-bond acceptors (Lipinski definition) is 4. The second kappa shape index (κ2) is 6.70. The van der Waals surface area contributed by atoms with Gasteiger partial charge in [-0.2, -0.15) is 0 Å². The summed E-state index contributed by atoms with van der Waals surface area (Å²) in [6.07, 6.45) is 2.22. The maximum atomic E-state index is 11.4. The van der Waals surface area contributed by atoms with E-state index in [1.54, 1.807) is 4.90 Å². The van der Waals surface area contributed by atoms with Gasteiger partial charge in [0.2, 0.25) is 0 Å². The predicted octanol–water partition coefficient (Wildman–Crippen LogP) is 0.565. The SMILES string of the molecule is CCOC(=O)N1CCC(C(N)CCO)CC1. The van der Waals surface area contributed by atoms with E-state index in [-0.39, 0.29) is 18.7 Å². The van der Waals surface area contributed by atoms with Crippen molar-refractivity contribution in [1.29, 1.82) is 0 Å². The quantitative estimate of drug-likeness (QED) is 0.740. The predicted molar refractivity (Wildman–Crippen MR) is 61.0 cm³/mol. The molecule has 1 saturated heterocycles. The van der Waals surface area contributed by atoms with Crippen molar-refractivity contribution in [3.05, 3.63) is 0 Å². The number of aliphatic hydroxyl groups is 1. The molecule has 1 heterocycles. The van der Waals surface area contributed by atoms with Crippen LogP contribution < -0.4 is 5.73 Å². The molecule has 0 aromatic rings. The van der Waals surface area contributed by atoms with E-state index in [1.807, 2.05) is 6.92 Å². The van der Waals surface area contributed by atoms with Crippen LogP contribution in [0.2, 0.25) is 0 Å². The number of hydrogen-bond donors (Lipinski definition) is 2. The van der Waals surface area contributed by atoms with E-state index in [0.717, 1.165) is 12.8 Å². The number of ether oxygens (including phenoxy) is 1. The minimum absolute atomic E-state index is 0.0503. The maximum Gasteiger partial charge on any atom is 0.409 e. The molecule has 0 bridgehead atoms. The molecule has 3 N–H and O–H groups in total. The van der Waals surface area contributed by atoms with E-state index in [2.05, 4.69) is 0 Å². The molecule has 0 aromatic heterocycles. The van der Waals surface area contributed by atoms with Crippen molar-refractivity contribution in [2.24, 2.45) is 11.7 Å². The fraction of sp³-hybridized carbons (Fsp3) is 0.909. The highest BCUT2D eigenvalue weighted by atomic mass is 16.6. The number of piperidine rings is 1. The van der Waals surface area contributed by atoms with Gasteiger partial charge in [0, 0.05) is 25.7 Å². The van der Waals surface area contributed by atoms with Crippen LogP contribution in [0.5, 0.6) is 0 Å². The van der Waals surface area contributed by atoms with Crippen LogP contribution in [-0.2, 0) is 4.74 Å². The zero-order chi connectivity index (χ0) is 12.0. The number of nitrogens with zero attached hydrogens (tertiary/aromatic N) is 1. The molecule has 0 saturated carbocycles. The Bertz CT molecular complexity index is 215. The van der Waals surface area contributed by atoms with E-state index < -0.39 is 0 Å². The Labute approximate surface area is 96.6 Å². The van der Waals surface area contributed by atoms with Crippen LogP contribution in [0.1, 0.15) is 26.2 Å². The standard InChI is InChI=1S/C11H22N2O3/c1-2-16-11(15)13-6-3-9(4-7-13)10(12)5-8-14/h9-10,14H,2-8,12H2,1H3. The van der Waals surface area contributed by atoms with Gasteiger partial charge in [0.25, 0.3) is 0 Å². The maximum absolute atomic E-state index is 11.4. The second-order valence-electron chi connectivity index (χ2n) is 4.20. The van der Waals surface area contributed by atoms with Gasteiger partial charge in [0.05, 0.1) is 6.61 Å². The zero-order valence-corrected chi connectivity index (χ0v) is 9.89. The molecule has 0 spiro atoms. The molecule has 1 aliphatic heterocycles. The lowest BCUT2D eigenvalue weighted by atomic mass is 9.88. The number of nitrogens with two attached hydrogens (primary N) is 1. The minimum atomic E-state index is -0.225. The molecule has 1 atom stereocenters. The first-order valence-electron chi connectivity index (χ1n) is 5.97. The molecule has 1 unspecified atom stereocenters. The molecule has 16 heavy (non-hydrogen) atoms. The summed E-state index contributed by atoms with van der Waals surface area (Å²) >= 11 is 0. The molecular weight excluding hydrogens is 208 g/mol. The number of carbonyl (C=O) groups excluding carboxylic acids is 1. The van der Waals surface area contributed by atoms with Gasteiger partial charge in [-0.05, 0) is 32.1 Å². The second-order valence-corrected chi connectivity index (χ2v) is 4.20. The van der Waals surface area contributed by atoms with Crippen molar-refractivity contribution in [2.75, 3.05) is 26.3 Å². The van der Waals surface area contributed by atoms with E-state index in [0.29, 0.717) is 32.0 Å². The molecule has 5 heteroatoms. The summed E-state index contributed by atoms with van der Waals surface area (Å²) in [7, 11) is 0. The topological polar surface area (TPSA) is 75.8 Å². The van der Waals surface area contributed by atoms with Gasteiger partial charge in [0.1, 0.15) is 0 Å². The van der Waals surface area contributed by atoms with E-state index >= 15 is 0 Å². The Morgan fingerprint density at radius 3 is 2.69 bits per heavy atom. The first-order chi connectivity index (χ1) is 7.69. The third kappa shape index (κ3) is 3.64. The fourth-order valence-corrected chi connectivity index (χ4v) is 2.11. The van der Waals surface area contributed by atoms with Gasteiger partial charge >= 0.3 is 6.09 Å². The first-order valence-corrected chi connectivity index (χ1v) is 5.97. The summed E-state index contributed by atoms with van der Waals surface area (Å²) in [5, 5.41) is 8.81.